The van der Waals surface area contributed by atoms with Crippen LogP contribution in [-0.2, 0) is 34.0 Å². The van der Waals surface area contributed by atoms with Crippen molar-refractivity contribution in [2.75, 3.05) is 5.32 Å². The van der Waals surface area contributed by atoms with Crippen LogP contribution < -0.4 is 16.0 Å². The lowest BCUT2D eigenvalue weighted by molar-refractivity contribution is -0.124. The molecule has 2 aromatic carbocycles. The third-order valence-electron chi connectivity index (χ3n) is 8.79. The monoisotopic (exact) mass is 655 g/mol. The number of carbonyl (C=O) groups is 3. The molecule has 3 amide bonds. The smallest absolute Gasteiger partial charge is 0.278 e. The number of aromatic nitrogens is 6. The van der Waals surface area contributed by atoms with Crippen LogP contribution in [0.4, 0.5) is 5.95 Å². The van der Waals surface area contributed by atoms with Gasteiger partial charge in [0.25, 0.3) is 17.8 Å². The van der Waals surface area contributed by atoms with Gasteiger partial charge in [-0.1, -0.05) is 91.4 Å². The molecule has 2 aromatic heterocycles. The van der Waals surface area contributed by atoms with Crippen molar-refractivity contribution in [3.63, 3.8) is 0 Å². The van der Waals surface area contributed by atoms with E-state index in [0.29, 0.717) is 13.2 Å². The number of aromatic amines is 1. The van der Waals surface area contributed by atoms with Gasteiger partial charge in [-0.25, -0.2) is 4.68 Å². The number of H-pyrrole nitrogens is 1. The lowest BCUT2D eigenvalue weighted by atomic mass is 9.92. The predicted octanol–water partition coefficient (Wildman–Crippen LogP) is 3.55. The molecule has 4 atom stereocenters. The van der Waals surface area contributed by atoms with Crippen molar-refractivity contribution in [1.29, 1.82) is 0 Å². The van der Waals surface area contributed by atoms with E-state index in [4.69, 9.17) is 9.47 Å². The molecule has 2 heterocycles. The average molecular weight is 656 g/mol. The topological polar surface area (TPSA) is 178 Å². The number of hydrogen-bond acceptors (Lipinski definition) is 9. The first kappa shape index (κ1) is 33.0. The van der Waals surface area contributed by atoms with E-state index in [1.54, 1.807) is 0 Å². The van der Waals surface area contributed by atoms with Crippen molar-refractivity contribution in [1.82, 2.24) is 41.0 Å². The van der Waals surface area contributed by atoms with E-state index in [2.05, 4.69) is 41.7 Å². The molecule has 6 rings (SSSR count). The van der Waals surface area contributed by atoms with E-state index >= 15 is 0 Å². The molecule has 2 saturated carbocycles. The molecule has 252 valence electrons. The molecule has 0 unspecified atom stereocenters. The molecule has 2 aliphatic carbocycles. The number of anilines is 1. The van der Waals surface area contributed by atoms with Crippen LogP contribution in [-0.4, -0.2) is 72.4 Å². The molecule has 14 nitrogen and oxygen atoms in total. The van der Waals surface area contributed by atoms with Gasteiger partial charge >= 0.3 is 0 Å². The van der Waals surface area contributed by atoms with Gasteiger partial charge in [-0.3, -0.25) is 19.7 Å². The summed E-state index contributed by atoms with van der Waals surface area (Å²) >= 11 is 0. The van der Waals surface area contributed by atoms with Crippen LogP contribution >= 0.6 is 0 Å². The van der Waals surface area contributed by atoms with Gasteiger partial charge in [0.15, 0.2) is 5.69 Å². The number of rotatable bonds is 13. The van der Waals surface area contributed by atoms with Crippen molar-refractivity contribution in [3.8, 4) is 0 Å². The van der Waals surface area contributed by atoms with Crippen molar-refractivity contribution in [2.45, 2.75) is 95.4 Å². The van der Waals surface area contributed by atoms with Crippen molar-refractivity contribution in [2.24, 2.45) is 0 Å². The van der Waals surface area contributed by atoms with Crippen molar-refractivity contribution >= 4 is 23.7 Å². The van der Waals surface area contributed by atoms with E-state index in [1.807, 2.05) is 60.7 Å². The molecule has 0 saturated heterocycles. The molecule has 2 fully saturated rings. The molecular weight excluding hydrogens is 614 g/mol. The Morgan fingerprint density at radius 1 is 0.771 bits per heavy atom. The second-order valence-corrected chi connectivity index (χ2v) is 12.3. The normalized spacial score (nSPS) is 20.9. The highest BCUT2D eigenvalue weighted by molar-refractivity contribution is 6.04. The third kappa shape index (κ3) is 8.89. The molecular formula is C34H41N9O5. The van der Waals surface area contributed by atoms with Gasteiger partial charge in [-0.2, -0.15) is 10.3 Å². The maximum atomic E-state index is 13.8. The number of benzene rings is 2. The van der Waals surface area contributed by atoms with Gasteiger partial charge in [0.05, 0.1) is 37.5 Å². The zero-order chi connectivity index (χ0) is 33.1. The lowest BCUT2D eigenvalue weighted by Gasteiger charge is -2.32. The number of carbonyl (C=O) groups excluding carboxylic acids is 3. The van der Waals surface area contributed by atoms with Gasteiger partial charge in [-0.15, -0.1) is 5.10 Å². The summed E-state index contributed by atoms with van der Waals surface area (Å²) in [7, 11) is 0. The summed E-state index contributed by atoms with van der Waals surface area (Å²) in [5.74, 6) is -1.47. The van der Waals surface area contributed by atoms with Crippen LogP contribution in [0.3, 0.4) is 0 Å². The Bertz CT molecular complexity index is 1630. The Kier molecular flexibility index (Phi) is 11.2. The molecule has 4 N–H and O–H groups in total. The SMILES string of the molecule is O=C(Cn1nc(C(=O)Nc2nn[nH]n2)cc1C(=O)N[C@H]1CCCC[C@@H]1OCc1ccccc1)N[C@H]1CCCC[C@@H]1OCc1ccccc1. The highest BCUT2D eigenvalue weighted by atomic mass is 16.5. The largest absolute Gasteiger partial charge is 0.371 e. The second-order valence-electron chi connectivity index (χ2n) is 12.3. The zero-order valence-electron chi connectivity index (χ0n) is 26.7. The Morgan fingerprint density at radius 3 is 1.94 bits per heavy atom. The summed E-state index contributed by atoms with van der Waals surface area (Å²) in [5.41, 5.74) is 2.13. The number of nitrogens with one attached hydrogen (secondary N) is 4. The molecule has 4 aromatic rings. The van der Waals surface area contributed by atoms with Crippen LogP contribution in [0.5, 0.6) is 0 Å². The minimum absolute atomic E-state index is 0.0438. The minimum Gasteiger partial charge on any atom is -0.371 e. The number of ether oxygens (including phenoxy) is 2. The van der Waals surface area contributed by atoms with E-state index in [0.717, 1.165) is 62.5 Å². The summed E-state index contributed by atoms with van der Waals surface area (Å²) < 4.78 is 13.8. The Balaban J connectivity index is 1.14. The van der Waals surface area contributed by atoms with Crippen molar-refractivity contribution in [3.05, 3.63) is 89.2 Å². The van der Waals surface area contributed by atoms with Crippen LogP contribution in [0.15, 0.2) is 66.7 Å². The first-order valence-electron chi connectivity index (χ1n) is 16.6. The summed E-state index contributed by atoms with van der Waals surface area (Å²) in [5, 5.41) is 26.3. The van der Waals surface area contributed by atoms with Gasteiger partial charge < -0.3 is 20.1 Å². The number of tetrazole rings is 1. The van der Waals surface area contributed by atoms with E-state index in [9.17, 15) is 14.4 Å². The molecule has 0 bridgehead atoms. The van der Waals surface area contributed by atoms with Crippen LogP contribution in [0.25, 0.3) is 0 Å². The number of nitrogens with zero attached hydrogens (tertiary/aromatic N) is 5. The molecule has 48 heavy (non-hydrogen) atoms. The highest BCUT2D eigenvalue weighted by Gasteiger charge is 2.31. The van der Waals surface area contributed by atoms with Gasteiger partial charge in [-0.05, 0) is 42.0 Å². The summed E-state index contributed by atoms with van der Waals surface area (Å²) in [6, 6.07) is 20.8. The standard InChI is InChI=1S/C34H41N9O5/c44-31(35-25-15-7-9-17-29(25)47-21-23-11-3-1-4-12-23)20-43-28(19-27(40-43)32(45)37-34-38-41-42-39-34)33(46)36-26-16-8-10-18-30(26)48-22-24-13-5-2-6-14-24/h1-6,11-14,19,25-26,29-30H,7-10,15-18,20-22H2,(H,35,44)(H,36,46)(H2,37,38,39,41,42,45)/t25-,26-,29-,30-/m0/s1. The molecule has 0 aliphatic heterocycles. The van der Waals surface area contributed by atoms with Gasteiger partial charge in [0, 0.05) is 6.07 Å². The van der Waals surface area contributed by atoms with E-state index in [-0.39, 0.29) is 54.1 Å². The average Bonchev–Trinajstić information content (AvgIpc) is 3.79. The van der Waals surface area contributed by atoms with Crippen LogP contribution in [0.2, 0.25) is 0 Å². The van der Waals surface area contributed by atoms with Crippen molar-refractivity contribution < 1.29 is 23.9 Å². The van der Waals surface area contributed by atoms with Crippen LogP contribution in [0.1, 0.15) is 83.5 Å². The first-order valence-corrected chi connectivity index (χ1v) is 16.6. The minimum atomic E-state index is -0.645. The van der Waals surface area contributed by atoms with E-state index < -0.39 is 11.8 Å². The zero-order valence-corrected chi connectivity index (χ0v) is 26.7. The Labute approximate surface area is 278 Å². The maximum Gasteiger partial charge on any atom is 0.278 e. The van der Waals surface area contributed by atoms with Crippen LogP contribution in [0, 0.1) is 0 Å². The molecule has 14 heteroatoms. The van der Waals surface area contributed by atoms with E-state index in [1.165, 1.54) is 10.7 Å². The fourth-order valence-corrected chi connectivity index (χ4v) is 6.32. The summed E-state index contributed by atoms with van der Waals surface area (Å²) in [6.45, 7) is 0.629. The fourth-order valence-electron chi connectivity index (χ4n) is 6.32. The molecule has 0 spiro atoms. The van der Waals surface area contributed by atoms with Gasteiger partial charge in [0.1, 0.15) is 12.2 Å². The maximum absolute atomic E-state index is 13.8. The lowest BCUT2D eigenvalue weighted by Crippen LogP contribution is -2.48. The highest BCUT2D eigenvalue weighted by Crippen LogP contribution is 2.24. The van der Waals surface area contributed by atoms with Gasteiger partial charge in [0.2, 0.25) is 5.91 Å². The second kappa shape index (κ2) is 16.2. The Hall–Kier alpha value is -4.95. The summed E-state index contributed by atoms with van der Waals surface area (Å²) in [4.78, 5) is 40.3. The first-order chi connectivity index (χ1) is 23.5. The number of hydrogen-bond donors (Lipinski definition) is 4. The fraction of sp³-hybridized carbons (Fsp3) is 0.441. The summed E-state index contributed by atoms with van der Waals surface area (Å²) in [6.07, 6.45) is 6.80. The molecule has 0 radical (unpaired) electrons. The molecule has 2 aliphatic rings. The quantitative estimate of drug-likeness (QED) is 0.168. The third-order valence-corrected chi connectivity index (χ3v) is 8.79. The number of amides is 3. The Morgan fingerprint density at radius 2 is 1.35 bits per heavy atom. The predicted molar refractivity (Wildman–Crippen MR) is 175 cm³/mol.